The molecule has 5 heteroatoms. The van der Waals surface area contributed by atoms with Crippen molar-refractivity contribution in [3.63, 3.8) is 0 Å². The van der Waals surface area contributed by atoms with Crippen molar-refractivity contribution in [3.05, 3.63) is 23.0 Å². The van der Waals surface area contributed by atoms with Gasteiger partial charge >= 0.3 is 0 Å². The molecule has 2 N–H and O–H groups in total. The predicted molar refractivity (Wildman–Crippen MR) is 43.7 cm³/mol. The van der Waals surface area contributed by atoms with Gasteiger partial charge in [0.15, 0.2) is 6.29 Å². The highest BCUT2D eigenvalue weighted by atomic mass is 19.3. The highest BCUT2D eigenvalue weighted by Gasteiger charge is 2.15. The zero-order valence-corrected chi connectivity index (χ0v) is 6.92. The molecule has 0 saturated carbocycles. The Bertz CT molecular complexity index is 339. The first-order valence-corrected chi connectivity index (χ1v) is 3.56. The molecule has 0 saturated heterocycles. The molecule has 0 bridgehead atoms. The number of halogens is 2. The van der Waals surface area contributed by atoms with E-state index in [0.29, 0.717) is 12.0 Å². The van der Waals surface area contributed by atoms with Crippen molar-refractivity contribution >= 4 is 12.0 Å². The Morgan fingerprint density at radius 1 is 1.62 bits per heavy atom. The molecule has 0 aliphatic rings. The molecule has 0 fully saturated rings. The van der Waals surface area contributed by atoms with Crippen molar-refractivity contribution < 1.29 is 13.6 Å². The Labute approximate surface area is 73.6 Å². The monoisotopic (exact) mass is 186 g/mol. The standard InChI is InChI=1S/C8H8F2N2O/c1-4-6(3-13)7(11)5(2-12-4)8(9)10/h2-3,8H,1H3,(H2,11,12). The molecule has 0 aliphatic carbocycles. The first-order valence-electron chi connectivity index (χ1n) is 3.56. The molecule has 0 atom stereocenters. The Balaban J connectivity index is 3.35. The summed E-state index contributed by atoms with van der Waals surface area (Å²) in [6, 6.07) is 0. The van der Waals surface area contributed by atoms with Crippen molar-refractivity contribution in [2.75, 3.05) is 5.73 Å². The van der Waals surface area contributed by atoms with Crippen LogP contribution in [0.1, 0.15) is 28.0 Å². The molecule has 70 valence electrons. The number of hydrogen-bond donors (Lipinski definition) is 1. The van der Waals surface area contributed by atoms with Crippen molar-refractivity contribution in [1.29, 1.82) is 0 Å². The third-order valence-corrected chi connectivity index (χ3v) is 1.74. The van der Waals surface area contributed by atoms with Crippen LogP contribution in [0.2, 0.25) is 0 Å². The van der Waals surface area contributed by atoms with Crippen LogP contribution in [0.25, 0.3) is 0 Å². The maximum atomic E-state index is 12.2. The number of pyridine rings is 1. The molecule has 1 aromatic rings. The van der Waals surface area contributed by atoms with Gasteiger partial charge < -0.3 is 5.73 Å². The fourth-order valence-corrected chi connectivity index (χ4v) is 0.979. The van der Waals surface area contributed by atoms with Gasteiger partial charge in [-0.3, -0.25) is 9.78 Å². The van der Waals surface area contributed by atoms with E-state index in [1.165, 1.54) is 6.92 Å². The lowest BCUT2D eigenvalue weighted by Gasteiger charge is -2.07. The molecule has 3 nitrogen and oxygen atoms in total. The Hall–Kier alpha value is -1.52. The predicted octanol–water partition coefficient (Wildman–Crippen LogP) is 1.72. The zero-order chi connectivity index (χ0) is 10.0. The van der Waals surface area contributed by atoms with E-state index in [0.717, 1.165) is 6.20 Å². The van der Waals surface area contributed by atoms with Gasteiger partial charge in [-0.05, 0) is 6.92 Å². The van der Waals surface area contributed by atoms with Crippen LogP contribution >= 0.6 is 0 Å². The summed E-state index contributed by atoms with van der Waals surface area (Å²) in [5.41, 5.74) is 5.16. The molecule has 0 aliphatic heterocycles. The molecular formula is C8H8F2N2O. The molecular weight excluding hydrogens is 178 g/mol. The number of anilines is 1. The molecule has 1 heterocycles. The Morgan fingerprint density at radius 3 is 2.69 bits per heavy atom. The summed E-state index contributed by atoms with van der Waals surface area (Å²) in [5.74, 6) is 0. The summed E-state index contributed by atoms with van der Waals surface area (Å²) in [7, 11) is 0. The number of rotatable bonds is 2. The summed E-state index contributed by atoms with van der Waals surface area (Å²) in [6.07, 6.45) is -1.28. The number of aldehydes is 1. The second-order valence-corrected chi connectivity index (χ2v) is 2.54. The molecule has 0 spiro atoms. The summed E-state index contributed by atoms with van der Waals surface area (Å²) in [6.45, 7) is 1.54. The maximum absolute atomic E-state index is 12.2. The third kappa shape index (κ3) is 1.63. The van der Waals surface area contributed by atoms with Crippen molar-refractivity contribution in [3.8, 4) is 0 Å². The van der Waals surface area contributed by atoms with E-state index in [9.17, 15) is 13.6 Å². The quantitative estimate of drug-likeness (QED) is 0.715. The molecule has 0 aromatic carbocycles. The number of hydrogen-bond acceptors (Lipinski definition) is 3. The van der Waals surface area contributed by atoms with Crippen LogP contribution in [0.15, 0.2) is 6.20 Å². The number of aryl methyl sites for hydroxylation is 1. The first kappa shape index (κ1) is 9.57. The molecule has 1 rings (SSSR count). The maximum Gasteiger partial charge on any atom is 0.267 e. The number of nitrogens with zero attached hydrogens (tertiary/aromatic N) is 1. The van der Waals surface area contributed by atoms with Crippen LogP contribution in [0.4, 0.5) is 14.5 Å². The Morgan fingerprint density at radius 2 is 2.23 bits per heavy atom. The lowest BCUT2D eigenvalue weighted by atomic mass is 10.1. The lowest BCUT2D eigenvalue weighted by molar-refractivity contribution is 0.112. The number of nitrogen functional groups attached to an aromatic ring is 1. The summed E-state index contributed by atoms with van der Waals surface area (Å²) >= 11 is 0. The van der Waals surface area contributed by atoms with Gasteiger partial charge in [-0.25, -0.2) is 8.78 Å². The van der Waals surface area contributed by atoms with Gasteiger partial charge in [0.25, 0.3) is 6.43 Å². The van der Waals surface area contributed by atoms with Crippen molar-refractivity contribution in [1.82, 2.24) is 4.98 Å². The van der Waals surface area contributed by atoms with Gasteiger partial charge in [-0.2, -0.15) is 0 Å². The van der Waals surface area contributed by atoms with E-state index < -0.39 is 12.0 Å². The number of nitrogens with two attached hydrogens (primary N) is 1. The molecule has 13 heavy (non-hydrogen) atoms. The van der Waals surface area contributed by atoms with E-state index in [1.807, 2.05) is 0 Å². The van der Waals surface area contributed by atoms with Crippen LogP contribution in [-0.4, -0.2) is 11.3 Å². The van der Waals surface area contributed by atoms with E-state index in [-0.39, 0.29) is 11.3 Å². The second kappa shape index (κ2) is 3.47. The molecule has 0 radical (unpaired) electrons. The third-order valence-electron chi connectivity index (χ3n) is 1.74. The van der Waals surface area contributed by atoms with Gasteiger partial charge in [0, 0.05) is 11.9 Å². The summed E-state index contributed by atoms with van der Waals surface area (Å²) in [4.78, 5) is 14.1. The van der Waals surface area contributed by atoms with Crippen LogP contribution in [0.3, 0.4) is 0 Å². The van der Waals surface area contributed by atoms with Crippen LogP contribution in [-0.2, 0) is 0 Å². The smallest absolute Gasteiger partial charge is 0.267 e. The number of carbonyl (C=O) groups is 1. The van der Waals surface area contributed by atoms with Gasteiger partial charge in [-0.1, -0.05) is 0 Å². The van der Waals surface area contributed by atoms with E-state index in [4.69, 9.17) is 5.73 Å². The summed E-state index contributed by atoms with van der Waals surface area (Å²) < 4.78 is 24.5. The fraction of sp³-hybridized carbons (Fsp3) is 0.250. The van der Waals surface area contributed by atoms with E-state index in [2.05, 4.69) is 4.98 Å². The van der Waals surface area contributed by atoms with E-state index in [1.54, 1.807) is 0 Å². The minimum atomic E-state index is -2.70. The highest BCUT2D eigenvalue weighted by molar-refractivity contribution is 5.85. The SMILES string of the molecule is Cc1ncc(C(F)F)c(N)c1C=O. The molecule has 1 aromatic heterocycles. The van der Waals surface area contributed by atoms with Gasteiger partial charge in [-0.15, -0.1) is 0 Å². The second-order valence-electron chi connectivity index (χ2n) is 2.54. The lowest BCUT2D eigenvalue weighted by Crippen LogP contribution is -2.03. The first-order chi connectivity index (χ1) is 6.07. The topological polar surface area (TPSA) is 56.0 Å². The fourth-order valence-electron chi connectivity index (χ4n) is 0.979. The average Bonchev–Trinajstić information content (AvgIpc) is 2.04. The molecule has 0 unspecified atom stereocenters. The van der Waals surface area contributed by atoms with Crippen LogP contribution in [0.5, 0.6) is 0 Å². The normalized spacial score (nSPS) is 10.5. The minimum absolute atomic E-state index is 0.0396. The van der Waals surface area contributed by atoms with Gasteiger partial charge in [0.05, 0.1) is 16.8 Å². The van der Waals surface area contributed by atoms with Crippen LogP contribution < -0.4 is 5.73 Å². The Kier molecular flexibility index (Phi) is 2.55. The minimum Gasteiger partial charge on any atom is -0.398 e. The molecule has 0 amide bonds. The summed E-state index contributed by atoms with van der Waals surface area (Å²) in [5, 5.41) is 0. The van der Waals surface area contributed by atoms with Crippen molar-refractivity contribution in [2.45, 2.75) is 13.3 Å². The van der Waals surface area contributed by atoms with Crippen molar-refractivity contribution in [2.24, 2.45) is 0 Å². The number of carbonyl (C=O) groups excluding carboxylic acids is 1. The number of alkyl halides is 2. The van der Waals surface area contributed by atoms with E-state index >= 15 is 0 Å². The van der Waals surface area contributed by atoms with Gasteiger partial charge in [0.2, 0.25) is 0 Å². The van der Waals surface area contributed by atoms with Crippen LogP contribution in [0, 0.1) is 6.92 Å². The average molecular weight is 186 g/mol. The largest absolute Gasteiger partial charge is 0.398 e. The van der Waals surface area contributed by atoms with Gasteiger partial charge in [0.1, 0.15) is 0 Å². The number of aromatic nitrogens is 1. The zero-order valence-electron chi connectivity index (χ0n) is 6.92. The highest BCUT2D eigenvalue weighted by Crippen LogP contribution is 2.27.